The van der Waals surface area contributed by atoms with Crippen LogP contribution in [0.25, 0.3) is 0 Å². The maximum absolute atomic E-state index is 12.2. The minimum Gasteiger partial charge on any atom is -0.373 e. The van der Waals surface area contributed by atoms with Gasteiger partial charge >= 0.3 is 6.18 Å². The van der Waals surface area contributed by atoms with Crippen LogP contribution in [0.15, 0.2) is 18.2 Å². The number of hydrogen-bond acceptors (Lipinski definition) is 2. The van der Waals surface area contributed by atoms with Crippen molar-refractivity contribution in [1.29, 1.82) is 0 Å². The molecule has 6 heteroatoms. The summed E-state index contributed by atoms with van der Waals surface area (Å²) in [6.07, 6.45) is -2.56. The average Bonchev–Trinajstić information content (AvgIpc) is 3.17. The second-order valence-electron chi connectivity index (χ2n) is 5.23. The predicted molar refractivity (Wildman–Crippen MR) is 75.3 cm³/mol. The van der Waals surface area contributed by atoms with Crippen molar-refractivity contribution >= 4 is 17.3 Å². The normalized spacial score (nSPS) is 15.4. The Hall–Kier alpha value is -0.940. The van der Waals surface area contributed by atoms with E-state index in [1.165, 1.54) is 17.7 Å². The molecule has 0 atom stereocenters. The first-order valence-electron chi connectivity index (χ1n) is 6.65. The maximum atomic E-state index is 12.2. The van der Waals surface area contributed by atoms with Crippen molar-refractivity contribution < 1.29 is 13.2 Å². The van der Waals surface area contributed by atoms with Gasteiger partial charge in [-0.25, -0.2) is 0 Å². The summed E-state index contributed by atoms with van der Waals surface area (Å²) in [4.78, 5) is 1.54. The van der Waals surface area contributed by atoms with Crippen LogP contribution < -0.4 is 10.2 Å². The fourth-order valence-corrected chi connectivity index (χ4v) is 2.28. The molecule has 2 rings (SSSR count). The van der Waals surface area contributed by atoms with E-state index in [0.717, 1.165) is 12.1 Å². The van der Waals surface area contributed by atoms with E-state index in [0.29, 0.717) is 16.8 Å². The molecule has 0 aliphatic heterocycles. The Morgan fingerprint density at radius 2 is 2.05 bits per heavy atom. The Kier molecular flexibility index (Phi) is 4.81. The van der Waals surface area contributed by atoms with Crippen LogP contribution in [0.3, 0.4) is 0 Å². The maximum Gasteiger partial charge on any atom is 0.390 e. The lowest BCUT2D eigenvalue weighted by Gasteiger charge is -2.21. The fourth-order valence-electron chi connectivity index (χ4n) is 1.93. The fraction of sp³-hybridized carbons (Fsp3) is 0.571. The summed E-state index contributed by atoms with van der Waals surface area (Å²) in [5, 5.41) is 3.86. The molecule has 112 valence electrons. The summed E-state index contributed by atoms with van der Waals surface area (Å²) in [6.45, 7) is 0.653. The van der Waals surface area contributed by atoms with Gasteiger partial charge in [0.05, 0.1) is 17.1 Å². The zero-order chi connectivity index (χ0) is 14.8. The summed E-state index contributed by atoms with van der Waals surface area (Å²) in [5.41, 5.74) is 1.68. The van der Waals surface area contributed by atoms with E-state index in [4.69, 9.17) is 11.6 Å². The minimum absolute atomic E-state index is 0.0944. The Balaban J connectivity index is 1.93. The average molecular weight is 307 g/mol. The van der Waals surface area contributed by atoms with Crippen molar-refractivity contribution in [2.24, 2.45) is 0 Å². The summed E-state index contributed by atoms with van der Waals surface area (Å²) in [7, 11) is 1.62. The molecule has 0 unspecified atom stereocenters. The summed E-state index contributed by atoms with van der Waals surface area (Å²) >= 11 is 6.15. The minimum atomic E-state index is -4.14. The van der Waals surface area contributed by atoms with E-state index in [-0.39, 0.29) is 6.54 Å². The van der Waals surface area contributed by atoms with Gasteiger partial charge in [-0.3, -0.25) is 0 Å². The smallest absolute Gasteiger partial charge is 0.373 e. The molecular formula is C14H18ClF3N2. The lowest BCUT2D eigenvalue weighted by molar-refractivity contribution is -0.132. The van der Waals surface area contributed by atoms with Crippen LogP contribution in [0, 0.1) is 0 Å². The van der Waals surface area contributed by atoms with Crippen LogP contribution in [0.1, 0.15) is 24.8 Å². The summed E-state index contributed by atoms with van der Waals surface area (Å²) in [6, 6.07) is 6.11. The number of rotatable bonds is 6. The quantitative estimate of drug-likeness (QED) is 0.855. The number of benzene rings is 1. The van der Waals surface area contributed by atoms with Crippen LogP contribution in [-0.2, 0) is 6.54 Å². The molecule has 1 aliphatic rings. The van der Waals surface area contributed by atoms with Crippen LogP contribution in [0.2, 0.25) is 5.02 Å². The third-order valence-electron chi connectivity index (χ3n) is 3.33. The Morgan fingerprint density at radius 1 is 1.35 bits per heavy atom. The van der Waals surface area contributed by atoms with Crippen molar-refractivity contribution in [3.63, 3.8) is 0 Å². The number of alkyl halides is 3. The molecule has 2 nitrogen and oxygen atoms in total. The molecular weight excluding hydrogens is 289 g/mol. The Bertz CT molecular complexity index is 458. The van der Waals surface area contributed by atoms with Crippen LogP contribution in [0.5, 0.6) is 0 Å². The van der Waals surface area contributed by atoms with E-state index < -0.39 is 12.6 Å². The molecule has 0 bridgehead atoms. The second-order valence-corrected chi connectivity index (χ2v) is 5.63. The highest BCUT2D eigenvalue weighted by Gasteiger charge is 2.27. The van der Waals surface area contributed by atoms with Crippen LogP contribution in [0.4, 0.5) is 18.9 Å². The standard InChI is InChI=1S/C14H18ClF3N2/c1-20(7-6-14(16,17)18)13-5-2-10(8-12(13)15)9-19-11-3-4-11/h2,5,8,11,19H,3-4,6-7,9H2,1H3. The van der Waals surface area contributed by atoms with Crippen LogP contribution in [-0.4, -0.2) is 25.8 Å². The number of halogens is 4. The molecule has 1 N–H and O–H groups in total. The molecule has 1 fully saturated rings. The molecule has 0 amide bonds. The molecule has 1 saturated carbocycles. The Morgan fingerprint density at radius 3 is 2.60 bits per heavy atom. The highest BCUT2D eigenvalue weighted by atomic mass is 35.5. The van der Waals surface area contributed by atoms with E-state index in [1.54, 1.807) is 13.1 Å². The molecule has 1 aromatic rings. The summed E-state index contributed by atoms with van der Waals surface area (Å²) < 4.78 is 36.6. The largest absolute Gasteiger partial charge is 0.390 e. The summed E-state index contributed by atoms with van der Waals surface area (Å²) in [5.74, 6) is 0. The van der Waals surface area contributed by atoms with Gasteiger partial charge in [0.1, 0.15) is 0 Å². The van der Waals surface area contributed by atoms with Gasteiger partial charge in [-0.2, -0.15) is 13.2 Å². The zero-order valence-corrected chi connectivity index (χ0v) is 12.1. The van der Waals surface area contributed by atoms with E-state index in [9.17, 15) is 13.2 Å². The van der Waals surface area contributed by atoms with Crippen molar-refractivity contribution in [2.45, 2.75) is 38.0 Å². The van der Waals surface area contributed by atoms with Gasteiger partial charge in [-0.1, -0.05) is 17.7 Å². The first kappa shape index (κ1) is 15.4. The zero-order valence-electron chi connectivity index (χ0n) is 11.3. The lowest BCUT2D eigenvalue weighted by atomic mass is 10.2. The number of nitrogens with one attached hydrogen (secondary N) is 1. The topological polar surface area (TPSA) is 15.3 Å². The lowest BCUT2D eigenvalue weighted by Crippen LogP contribution is -2.24. The molecule has 1 aromatic carbocycles. The van der Waals surface area contributed by atoms with Gasteiger partial charge in [0.25, 0.3) is 0 Å². The molecule has 0 heterocycles. The highest BCUT2D eigenvalue weighted by molar-refractivity contribution is 6.33. The highest BCUT2D eigenvalue weighted by Crippen LogP contribution is 2.28. The van der Waals surface area contributed by atoms with Gasteiger partial charge in [0.15, 0.2) is 0 Å². The first-order valence-corrected chi connectivity index (χ1v) is 7.02. The molecule has 1 aliphatic carbocycles. The number of hydrogen-bond donors (Lipinski definition) is 1. The van der Waals surface area contributed by atoms with Gasteiger partial charge in [-0.15, -0.1) is 0 Å². The van der Waals surface area contributed by atoms with Crippen molar-refractivity contribution in [1.82, 2.24) is 5.32 Å². The Labute approximate surface area is 121 Å². The number of nitrogens with zero attached hydrogens (tertiary/aromatic N) is 1. The van der Waals surface area contributed by atoms with Gasteiger partial charge in [0.2, 0.25) is 0 Å². The SMILES string of the molecule is CN(CCC(F)(F)F)c1ccc(CNC2CC2)cc1Cl. The first-order chi connectivity index (χ1) is 9.35. The van der Waals surface area contributed by atoms with E-state index in [2.05, 4.69) is 5.32 Å². The molecule has 0 saturated heterocycles. The monoisotopic (exact) mass is 306 g/mol. The molecule has 20 heavy (non-hydrogen) atoms. The molecule has 0 radical (unpaired) electrons. The van der Waals surface area contributed by atoms with Gasteiger partial charge in [0, 0.05) is 26.2 Å². The van der Waals surface area contributed by atoms with Gasteiger partial charge in [-0.05, 0) is 30.5 Å². The predicted octanol–water partition coefficient (Wildman–Crippen LogP) is 3.98. The van der Waals surface area contributed by atoms with Crippen molar-refractivity contribution in [3.05, 3.63) is 28.8 Å². The third-order valence-corrected chi connectivity index (χ3v) is 3.63. The van der Waals surface area contributed by atoms with E-state index >= 15 is 0 Å². The second kappa shape index (κ2) is 6.22. The molecule has 0 spiro atoms. The van der Waals surface area contributed by atoms with Crippen molar-refractivity contribution in [2.75, 3.05) is 18.5 Å². The number of anilines is 1. The van der Waals surface area contributed by atoms with Crippen molar-refractivity contribution in [3.8, 4) is 0 Å². The van der Waals surface area contributed by atoms with Crippen LogP contribution >= 0.6 is 11.6 Å². The van der Waals surface area contributed by atoms with E-state index in [1.807, 2.05) is 12.1 Å². The third kappa shape index (κ3) is 4.87. The molecule has 0 aromatic heterocycles. The van der Waals surface area contributed by atoms with Gasteiger partial charge < -0.3 is 10.2 Å².